The predicted molar refractivity (Wildman–Crippen MR) is 86.2 cm³/mol. The Bertz CT molecular complexity index is 463. The molecule has 0 aromatic heterocycles. The fourth-order valence-electron chi connectivity index (χ4n) is 2.23. The molecule has 0 aliphatic heterocycles. The molecular formula is C16H28N2O4. The third kappa shape index (κ3) is 4.41. The monoisotopic (exact) mass is 312 g/mol. The number of hydrogen-bond donors (Lipinski definition) is 2. The van der Waals surface area contributed by atoms with Gasteiger partial charge in [-0.2, -0.15) is 10.1 Å². The van der Waals surface area contributed by atoms with Gasteiger partial charge in [-0.3, -0.25) is 0 Å². The van der Waals surface area contributed by atoms with Gasteiger partial charge < -0.3 is 20.2 Å². The lowest BCUT2D eigenvalue weighted by atomic mass is 9.94. The maximum atomic E-state index is 12.8. The lowest BCUT2D eigenvalue weighted by Crippen LogP contribution is -3.11. The van der Waals surface area contributed by atoms with Crippen LogP contribution in [0, 0.1) is 10.4 Å². The second kappa shape index (κ2) is 8.45. The number of benzene rings is 1. The van der Waals surface area contributed by atoms with E-state index in [1.54, 1.807) is 25.1 Å². The molecule has 0 aliphatic carbocycles. The Balaban J connectivity index is 3.22. The van der Waals surface area contributed by atoms with E-state index in [0.29, 0.717) is 30.3 Å². The van der Waals surface area contributed by atoms with Crippen LogP contribution < -0.4 is 15.0 Å². The van der Waals surface area contributed by atoms with Crippen molar-refractivity contribution in [1.82, 2.24) is 0 Å². The lowest BCUT2D eigenvalue weighted by molar-refractivity contribution is -0.997. The summed E-state index contributed by atoms with van der Waals surface area (Å²) in [6.45, 7) is 10.3. The molecule has 6 heteroatoms. The van der Waals surface area contributed by atoms with Crippen molar-refractivity contribution < 1.29 is 19.9 Å². The number of quaternary nitrogens is 2. The average Bonchev–Trinajstić information content (AvgIpc) is 2.53. The highest BCUT2D eigenvalue weighted by molar-refractivity contribution is 5.49. The van der Waals surface area contributed by atoms with Gasteiger partial charge in [-0.25, -0.2) is 0 Å². The van der Waals surface area contributed by atoms with Crippen molar-refractivity contribution in [3.8, 4) is 5.75 Å². The van der Waals surface area contributed by atoms with Gasteiger partial charge in [0.2, 0.25) is 0 Å². The first-order chi connectivity index (χ1) is 10.4. The molecule has 1 aromatic carbocycles. The SMILES string of the molecule is CCOc1cc([NH+]([O-])OCC)cc([NH+]([O-])C(C)(CC)CC)c1. The molecule has 2 atom stereocenters. The molecule has 2 unspecified atom stereocenters. The van der Waals surface area contributed by atoms with Gasteiger partial charge in [0.05, 0.1) is 18.2 Å². The van der Waals surface area contributed by atoms with Crippen molar-refractivity contribution in [3.05, 3.63) is 28.6 Å². The molecule has 0 spiro atoms. The predicted octanol–water partition coefficient (Wildman–Crippen LogP) is 1.64. The maximum Gasteiger partial charge on any atom is 0.173 e. The molecular weight excluding hydrogens is 284 g/mol. The molecule has 0 radical (unpaired) electrons. The van der Waals surface area contributed by atoms with Gasteiger partial charge in [-0.15, -0.1) is 0 Å². The molecule has 6 nitrogen and oxygen atoms in total. The normalized spacial score (nSPS) is 14.7. The van der Waals surface area contributed by atoms with Gasteiger partial charge in [-0.05, 0) is 33.6 Å². The summed E-state index contributed by atoms with van der Waals surface area (Å²) >= 11 is 0. The van der Waals surface area contributed by atoms with Crippen LogP contribution in [0.3, 0.4) is 0 Å². The van der Waals surface area contributed by atoms with E-state index in [-0.39, 0.29) is 5.06 Å². The molecule has 0 heterocycles. The van der Waals surface area contributed by atoms with Gasteiger partial charge >= 0.3 is 0 Å². The summed E-state index contributed by atoms with van der Waals surface area (Å²) in [4.78, 5) is 5.03. The maximum absolute atomic E-state index is 12.8. The van der Waals surface area contributed by atoms with Crippen molar-refractivity contribution in [3.63, 3.8) is 0 Å². The van der Waals surface area contributed by atoms with Crippen molar-refractivity contribution >= 4 is 11.4 Å². The third-order valence-corrected chi connectivity index (χ3v) is 4.10. The Hall–Kier alpha value is -1.18. The summed E-state index contributed by atoms with van der Waals surface area (Å²) < 4.78 is 5.49. The van der Waals surface area contributed by atoms with Gasteiger partial charge in [0.1, 0.15) is 18.0 Å². The first-order valence-corrected chi connectivity index (χ1v) is 7.91. The highest BCUT2D eigenvalue weighted by Crippen LogP contribution is 2.22. The zero-order chi connectivity index (χ0) is 16.8. The zero-order valence-corrected chi connectivity index (χ0v) is 14.2. The number of hydrogen-bond acceptors (Lipinski definition) is 4. The summed E-state index contributed by atoms with van der Waals surface area (Å²) in [5, 5.41) is 24.4. The summed E-state index contributed by atoms with van der Waals surface area (Å²) in [6, 6.07) is 4.93. The Morgan fingerprint density at radius 1 is 0.955 bits per heavy atom. The van der Waals surface area contributed by atoms with Crippen molar-refractivity contribution in [2.75, 3.05) is 13.2 Å². The molecule has 1 rings (SSSR count). The van der Waals surface area contributed by atoms with Crippen molar-refractivity contribution in [2.24, 2.45) is 0 Å². The van der Waals surface area contributed by atoms with E-state index in [4.69, 9.17) is 9.57 Å². The van der Waals surface area contributed by atoms with Crippen LogP contribution in [-0.4, -0.2) is 18.8 Å². The second-order valence-corrected chi connectivity index (χ2v) is 5.50. The highest BCUT2D eigenvalue weighted by Gasteiger charge is 2.29. The summed E-state index contributed by atoms with van der Waals surface area (Å²) in [7, 11) is 0. The van der Waals surface area contributed by atoms with E-state index >= 15 is 0 Å². The minimum atomic E-state index is -0.437. The molecule has 0 saturated heterocycles. The van der Waals surface area contributed by atoms with E-state index < -0.39 is 10.8 Å². The van der Waals surface area contributed by atoms with Crippen LogP contribution >= 0.6 is 0 Å². The first kappa shape index (κ1) is 18.9. The van der Waals surface area contributed by atoms with Crippen LogP contribution in [0.4, 0.5) is 11.4 Å². The second-order valence-electron chi connectivity index (χ2n) is 5.50. The van der Waals surface area contributed by atoms with Gasteiger partial charge in [0.15, 0.2) is 5.69 Å². The van der Waals surface area contributed by atoms with Crippen molar-refractivity contribution in [2.45, 2.75) is 53.0 Å². The van der Waals surface area contributed by atoms with E-state index in [9.17, 15) is 10.4 Å². The van der Waals surface area contributed by atoms with E-state index in [2.05, 4.69) is 0 Å². The highest BCUT2D eigenvalue weighted by atomic mass is 16.9. The van der Waals surface area contributed by atoms with Crippen LogP contribution in [-0.2, 0) is 4.84 Å². The van der Waals surface area contributed by atoms with Crippen LogP contribution in [0.2, 0.25) is 0 Å². The number of nitrogens with one attached hydrogen (secondary N) is 2. The Kier molecular flexibility index (Phi) is 7.25. The lowest BCUT2D eigenvalue weighted by Gasteiger charge is -2.39. The zero-order valence-electron chi connectivity index (χ0n) is 14.2. The Labute approximate surface area is 132 Å². The molecule has 22 heavy (non-hydrogen) atoms. The molecule has 2 N–H and O–H groups in total. The van der Waals surface area contributed by atoms with Crippen LogP contribution in [0.25, 0.3) is 0 Å². The number of hydroxylamine groups is 1. The summed E-state index contributed by atoms with van der Waals surface area (Å²) in [5.74, 6) is 0.519. The summed E-state index contributed by atoms with van der Waals surface area (Å²) in [5.41, 5.74) is 0.419. The molecule has 0 bridgehead atoms. The molecule has 1 aromatic rings. The number of rotatable bonds is 9. The minimum absolute atomic E-state index is 0.0320. The number of ether oxygens (including phenoxy) is 1. The Morgan fingerprint density at radius 3 is 2.05 bits per heavy atom. The Morgan fingerprint density at radius 2 is 1.55 bits per heavy atom. The van der Waals surface area contributed by atoms with Crippen LogP contribution in [0.1, 0.15) is 47.5 Å². The van der Waals surface area contributed by atoms with Crippen LogP contribution in [0.5, 0.6) is 5.75 Å². The molecule has 0 fully saturated rings. The van der Waals surface area contributed by atoms with E-state index in [1.807, 2.05) is 27.7 Å². The quantitative estimate of drug-likeness (QED) is 0.680. The van der Waals surface area contributed by atoms with Gasteiger partial charge in [0, 0.05) is 12.1 Å². The topological polar surface area (TPSA) is 73.5 Å². The molecule has 0 saturated carbocycles. The largest absolute Gasteiger partial charge is 0.628 e. The van der Waals surface area contributed by atoms with Crippen LogP contribution in [0.15, 0.2) is 18.2 Å². The fraction of sp³-hybridized carbons (Fsp3) is 0.625. The smallest absolute Gasteiger partial charge is 0.173 e. The van der Waals surface area contributed by atoms with E-state index in [1.165, 1.54) is 0 Å². The fourth-order valence-corrected chi connectivity index (χ4v) is 2.23. The van der Waals surface area contributed by atoms with Gasteiger partial charge in [-0.1, -0.05) is 13.8 Å². The van der Waals surface area contributed by atoms with Crippen molar-refractivity contribution in [1.29, 1.82) is 0 Å². The summed E-state index contributed by atoms with van der Waals surface area (Å²) in [6.07, 6.45) is 1.49. The molecule has 0 aliphatic rings. The van der Waals surface area contributed by atoms with E-state index in [0.717, 1.165) is 12.8 Å². The third-order valence-electron chi connectivity index (χ3n) is 4.10. The van der Waals surface area contributed by atoms with Gasteiger partial charge in [0.25, 0.3) is 0 Å². The minimum Gasteiger partial charge on any atom is -0.628 e. The average molecular weight is 312 g/mol. The standard InChI is InChI=1S/C16H28N2O4/c1-6-16(5,7-2)17(19)13-10-14(18(20)22-9-4)12-15(11-13)21-8-3/h10-12,17-18H,6-9H2,1-5H3. The molecule has 0 amide bonds. The molecule has 126 valence electrons. The first-order valence-electron chi connectivity index (χ1n) is 7.91.